The minimum atomic E-state index is -0.629. The van der Waals surface area contributed by atoms with Crippen LogP contribution in [0.1, 0.15) is 31.3 Å². The maximum absolute atomic E-state index is 11.1. The summed E-state index contributed by atoms with van der Waals surface area (Å²) >= 11 is 0. The standard InChI is InChI=1S/C10H17N3O2/c1-6(2)9-12-5-7(13-9)4-8(11)10(14)15-3/h5-6,8H,4,11H2,1-3H3,(H,12,13)/t8-/m0/s1. The Bertz CT molecular complexity index is 333. The highest BCUT2D eigenvalue weighted by Crippen LogP contribution is 2.10. The molecule has 0 saturated heterocycles. The van der Waals surface area contributed by atoms with Crippen molar-refractivity contribution in [2.75, 3.05) is 7.11 Å². The minimum absolute atomic E-state index is 0.341. The summed E-state index contributed by atoms with van der Waals surface area (Å²) in [7, 11) is 1.33. The number of aromatic nitrogens is 2. The number of nitrogens with two attached hydrogens (primary N) is 1. The number of imidazole rings is 1. The van der Waals surface area contributed by atoms with Crippen LogP contribution >= 0.6 is 0 Å². The van der Waals surface area contributed by atoms with E-state index >= 15 is 0 Å². The molecule has 0 fully saturated rings. The van der Waals surface area contributed by atoms with Gasteiger partial charge in [-0.15, -0.1) is 0 Å². The zero-order valence-corrected chi connectivity index (χ0v) is 9.28. The molecule has 0 amide bonds. The zero-order chi connectivity index (χ0) is 11.4. The lowest BCUT2D eigenvalue weighted by Crippen LogP contribution is -2.33. The van der Waals surface area contributed by atoms with Crippen LogP contribution in [-0.2, 0) is 16.0 Å². The topological polar surface area (TPSA) is 81.0 Å². The van der Waals surface area contributed by atoms with Crippen LogP contribution in [0.2, 0.25) is 0 Å². The van der Waals surface area contributed by atoms with Crippen LogP contribution in [0.25, 0.3) is 0 Å². The maximum atomic E-state index is 11.1. The zero-order valence-electron chi connectivity index (χ0n) is 9.28. The number of aromatic amines is 1. The Morgan fingerprint density at radius 3 is 2.80 bits per heavy atom. The lowest BCUT2D eigenvalue weighted by atomic mass is 10.2. The van der Waals surface area contributed by atoms with Crippen LogP contribution in [0, 0.1) is 0 Å². The summed E-state index contributed by atoms with van der Waals surface area (Å²) in [5.41, 5.74) is 6.48. The van der Waals surface area contributed by atoms with Crippen LogP contribution in [0.4, 0.5) is 0 Å². The minimum Gasteiger partial charge on any atom is -0.468 e. The number of esters is 1. The van der Waals surface area contributed by atoms with Gasteiger partial charge in [-0.05, 0) is 0 Å². The van der Waals surface area contributed by atoms with E-state index in [-0.39, 0.29) is 0 Å². The first-order valence-electron chi connectivity index (χ1n) is 4.91. The Hall–Kier alpha value is -1.36. The molecule has 0 unspecified atom stereocenters. The molecule has 0 aliphatic heterocycles. The number of ether oxygens (including phenoxy) is 1. The van der Waals surface area contributed by atoms with E-state index < -0.39 is 12.0 Å². The second kappa shape index (κ2) is 4.93. The van der Waals surface area contributed by atoms with E-state index in [1.165, 1.54) is 7.11 Å². The Morgan fingerprint density at radius 1 is 1.67 bits per heavy atom. The highest BCUT2D eigenvalue weighted by Gasteiger charge is 2.15. The van der Waals surface area contributed by atoms with Gasteiger partial charge in [0.2, 0.25) is 0 Å². The van der Waals surface area contributed by atoms with E-state index in [2.05, 4.69) is 14.7 Å². The van der Waals surface area contributed by atoms with Crippen molar-refractivity contribution in [3.63, 3.8) is 0 Å². The molecule has 1 aromatic rings. The molecular formula is C10H17N3O2. The van der Waals surface area contributed by atoms with Crippen molar-refractivity contribution in [1.29, 1.82) is 0 Å². The summed E-state index contributed by atoms with van der Waals surface area (Å²) in [5, 5.41) is 0. The van der Waals surface area contributed by atoms with Gasteiger partial charge < -0.3 is 15.5 Å². The lowest BCUT2D eigenvalue weighted by Gasteiger charge is -2.07. The van der Waals surface area contributed by atoms with Gasteiger partial charge in [-0.3, -0.25) is 4.79 Å². The maximum Gasteiger partial charge on any atom is 0.323 e. The highest BCUT2D eigenvalue weighted by molar-refractivity contribution is 5.75. The number of H-pyrrole nitrogens is 1. The number of methoxy groups -OCH3 is 1. The molecule has 1 aromatic heterocycles. The van der Waals surface area contributed by atoms with Crippen LogP contribution in [-0.4, -0.2) is 29.1 Å². The average molecular weight is 211 g/mol. The van der Waals surface area contributed by atoms with Gasteiger partial charge >= 0.3 is 5.97 Å². The summed E-state index contributed by atoms with van der Waals surface area (Å²) < 4.78 is 4.54. The second-order valence-electron chi connectivity index (χ2n) is 3.78. The number of carbonyl (C=O) groups is 1. The Morgan fingerprint density at radius 2 is 2.33 bits per heavy atom. The fourth-order valence-electron chi connectivity index (χ4n) is 1.25. The van der Waals surface area contributed by atoms with Gasteiger partial charge in [0.15, 0.2) is 0 Å². The summed E-state index contributed by atoms with van der Waals surface area (Å²) in [6.45, 7) is 4.09. The molecule has 5 nitrogen and oxygen atoms in total. The first-order valence-corrected chi connectivity index (χ1v) is 4.91. The number of rotatable bonds is 4. The van der Waals surface area contributed by atoms with Crippen molar-refractivity contribution in [2.24, 2.45) is 5.73 Å². The second-order valence-corrected chi connectivity index (χ2v) is 3.78. The fraction of sp³-hybridized carbons (Fsp3) is 0.600. The molecule has 0 saturated carbocycles. The number of nitrogens with one attached hydrogen (secondary N) is 1. The number of carbonyl (C=O) groups excluding carboxylic acids is 1. The van der Waals surface area contributed by atoms with Crippen molar-refractivity contribution < 1.29 is 9.53 Å². The lowest BCUT2D eigenvalue weighted by molar-refractivity contribution is -0.142. The monoisotopic (exact) mass is 211 g/mol. The largest absolute Gasteiger partial charge is 0.468 e. The third-order valence-electron chi connectivity index (χ3n) is 2.14. The predicted molar refractivity (Wildman–Crippen MR) is 56.4 cm³/mol. The molecular weight excluding hydrogens is 194 g/mol. The fourth-order valence-corrected chi connectivity index (χ4v) is 1.25. The molecule has 15 heavy (non-hydrogen) atoms. The van der Waals surface area contributed by atoms with Gasteiger partial charge in [0.05, 0.1) is 7.11 Å². The van der Waals surface area contributed by atoms with Crippen molar-refractivity contribution in [3.8, 4) is 0 Å². The van der Waals surface area contributed by atoms with Crippen LogP contribution in [0.15, 0.2) is 6.20 Å². The molecule has 0 spiro atoms. The Labute approximate surface area is 89.0 Å². The van der Waals surface area contributed by atoms with E-state index in [4.69, 9.17) is 5.73 Å². The number of hydrogen-bond acceptors (Lipinski definition) is 4. The van der Waals surface area contributed by atoms with Crippen molar-refractivity contribution >= 4 is 5.97 Å². The van der Waals surface area contributed by atoms with Crippen LogP contribution < -0.4 is 5.73 Å². The Kier molecular flexibility index (Phi) is 3.85. The first kappa shape index (κ1) is 11.7. The highest BCUT2D eigenvalue weighted by atomic mass is 16.5. The van der Waals surface area contributed by atoms with Crippen LogP contribution in [0.3, 0.4) is 0 Å². The van der Waals surface area contributed by atoms with E-state index in [1.807, 2.05) is 13.8 Å². The van der Waals surface area contributed by atoms with Crippen LogP contribution in [0.5, 0.6) is 0 Å². The molecule has 0 aliphatic rings. The number of hydrogen-bond donors (Lipinski definition) is 2. The van der Waals surface area contributed by atoms with Crippen molar-refractivity contribution in [2.45, 2.75) is 32.2 Å². The molecule has 84 valence electrons. The van der Waals surface area contributed by atoms with E-state index in [0.29, 0.717) is 12.3 Å². The summed E-state index contributed by atoms with van der Waals surface area (Å²) in [5.74, 6) is 0.839. The molecule has 0 bridgehead atoms. The van der Waals surface area contributed by atoms with Gasteiger partial charge in [-0.25, -0.2) is 4.98 Å². The molecule has 1 heterocycles. The summed E-state index contributed by atoms with van der Waals surface area (Å²) in [4.78, 5) is 18.4. The van der Waals surface area contributed by atoms with Gasteiger partial charge in [0.1, 0.15) is 11.9 Å². The van der Waals surface area contributed by atoms with Crippen molar-refractivity contribution in [3.05, 3.63) is 17.7 Å². The average Bonchev–Trinajstić information content (AvgIpc) is 2.65. The molecule has 1 rings (SSSR count). The van der Waals surface area contributed by atoms with Gasteiger partial charge in [-0.2, -0.15) is 0 Å². The summed E-state index contributed by atoms with van der Waals surface area (Å²) in [6, 6.07) is -0.629. The van der Waals surface area contributed by atoms with Gasteiger partial charge in [-0.1, -0.05) is 13.8 Å². The third-order valence-corrected chi connectivity index (χ3v) is 2.14. The van der Waals surface area contributed by atoms with Gasteiger partial charge in [0, 0.05) is 24.2 Å². The molecule has 1 atom stereocenters. The van der Waals surface area contributed by atoms with E-state index in [9.17, 15) is 4.79 Å². The van der Waals surface area contributed by atoms with E-state index in [0.717, 1.165) is 11.5 Å². The molecule has 0 aromatic carbocycles. The molecule has 0 radical (unpaired) electrons. The predicted octanol–water partition coefficient (Wildman–Crippen LogP) is 0.576. The van der Waals surface area contributed by atoms with E-state index in [1.54, 1.807) is 6.20 Å². The quantitative estimate of drug-likeness (QED) is 0.714. The normalized spacial score (nSPS) is 12.9. The summed E-state index contributed by atoms with van der Waals surface area (Å²) in [6.07, 6.45) is 2.13. The molecule has 0 aliphatic carbocycles. The first-order chi connectivity index (χ1) is 7.04. The smallest absolute Gasteiger partial charge is 0.323 e. The SMILES string of the molecule is COC(=O)[C@@H](N)Cc1cnc(C(C)C)[nH]1. The molecule has 3 N–H and O–H groups in total. The Balaban J connectivity index is 2.61. The van der Waals surface area contributed by atoms with Gasteiger partial charge in [0.25, 0.3) is 0 Å². The van der Waals surface area contributed by atoms with Crippen molar-refractivity contribution in [1.82, 2.24) is 9.97 Å². The third kappa shape index (κ3) is 3.06. The number of nitrogens with zero attached hydrogens (tertiary/aromatic N) is 1. The molecule has 5 heteroatoms.